The van der Waals surface area contributed by atoms with Crippen molar-refractivity contribution in [3.05, 3.63) is 106 Å². The molecule has 0 bridgehead atoms. The maximum absolute atomic E-state index is 13.5. The number of halogens is 1. The number of para-hydroxylation sites is 1. The van der Waals surface area contributed by atoms with Crippen molar-refractivity contribution in [1.82, 2.24) is 14.5 Å². The molecule has 6 heteroatoms. The summed E-state index contributed by atoms with van der Waals surface area (Å²) in [6.45, 7) is 1.82. The smallest absolute Gasteiger partial charge is 0.266 e. The van der Waals surface area contributed by atoms with Crippen LogP contribution in [-0.4, -0.2) is 27.4 Å². The van der Waals surface area contributed by atoms with Gasteiger partial charge >= 0.3 is 0 Å². The molecule has 0 saturated carbocycles. The zero-order valence-electron chi connectivity index (χ0n) is 16.6. The summed E-state index contributed by atoms with van der Waals surface area (Å²) in [6.07, 6.45) is 0. The van der Waals surface area contributed by atoms with E-state index in [1.54, 1.807) is 54.4 Å². The molecular weight excluding hydrogens is 381 g/mol. The van der Waals surface area contributed by atoms with Gasteiger partial charge in [-0.05, 0) is 55.5 Å². The molecule has 4 rings (SSSR count). The number of fused-ring (bicyclic) bond motifs is 1. The van der Waals surface area contributed by atoms with Crippen LogP contribution in [0.3, 0.4) is 0 Å². The lowest BCUT2D eigenvalue weighted by Crippen LogP contribution is -2.34. The molecule has 0 spiro atoms. The second-order valence-corrected chi connectivity index (χ2v) is 7.06. The third kappa shape index (κ3) is 3.48. The number of rotatable bonds is 4. The Balaban J connectivity index is 1.88. The van der Waals surface area contributed by atoms with Crippen LogP contribution in [0.1, 0.15) is 29.1 Å². The lowest BCUT2D eigenvalue weighted by molar-refractivity contribution is 0.0735. The molecule has 4 aromatic rings. The van der Waals surface area contributed by atoms with Crippen LogP contribution in [-0.2, 0) is 0 Å². The van der Waals surface area contributed by atoms with Crippen LogP contribution in [0, 0.1) is 5.82 Å². The van der Waals surface area contributed by atoms with Gasteiger partial charge in [0.25, 0.3) is 11.5 Å². The van der Waals surface area contributed by atoms with Gasteiger partial charge in [0.15, 0.2) is 0 Å². The molecule has 0 radical (unpaired) electrons. The Bertz CT molecular complexity index is 1270. The summed E-state index contributed by atoms with van der Waals surface area (Å²) < 4.78 is 14.9. The number of carbonyl (C=O) groups is 1. The van der Waals surface area contributed by atoms with E-state index < -0.39 is 11.9 Å². The highest BCUT2D eigenvalue weighted by molar-refractivity contribution is 5.94. The molecule has 0 aliphatic carbocycles. The number of hydrogen-bond acceptors (Lipinski definition) is 3. The molecule has 3 aromatic carbocycles. The van der Waals surface area contributed by atoms with Crippen molar-refractivity contribution < 1.29 is 9.18 Å². The van der Waals surface area contributed by atoms with Gasteiger partial charge < -0.3 is 4.90 Å². The first-order chi connectivity index (χ1) is 14.5. The van der Waals surface area contributed by atoms with Gasteiger partial charge in [0, 0.05) is 12.6 Å². The summed E-state index contributed by atoms with van der Waals surface area (Å²) in [5, 5.41) is 0.454. The van der Waals surface area contributed by atoms with Crippen molar-refractivity contribution in [3.8, 4) is 5.69 Å². The Hall–Kier alpha value is -3.80. The van der Waals surface area contributed by atoms with E-state index in [0.717, 1.165) is 0 Å². The number of carbonyl (C=O) groups excluding carboxylic acids is 1. The molecule has 1 aromatic heterocycles. The van der Waals surface area contributed by atoms with Crippen LogP contribution in [0.25, 0.3) is 16.6 Å². The molecule has 0 aliphatic heterocycles. The SMILES string of the molecule is CC(c1nc2ccccc2c(=O)n1-c1ccc(F)cc1)N(C)C(=O)c1ccccc1. The molecule has 1 amide bonds. The van der Waals surface area contributed by atoms with Gasteiger partial charge in [-0.25, -0.2) is 9.37 Å². The molecule has 1 heterocycles. The van der Waals surface area contributed by atoms with Crippen LogP contribution in [0.4, 0.5) is 4.39 Å². The summed E-state index contributed by atoms with van der Waals surface area (Å²) in [7, 11) is 1.68. The Morgan fingerprint density at radius 3 is 2.30 bits per heavy atom. The molecule has 0 N–H and O–H groups in total. The van der Waals surface area contributed by atoms with Gasteiger partial charge in [-0.2, -0.15) is 0 Å². The molecule has 30 heavy (non-hydrogen) atoms. The van der Waals surface area contributed by atoms with E-state index in [1.165, 1.54) is 28.8 Å². The zero-order chi connectivity index (χ0) is 21.3. The van der Waals surface area contributed by atoms with E-state index in [1.807, 2.05) is 19.1 Å². The highest BCUT2D eigenvalue weighted by Crippen LogP contribution is 2.23. The average Bonchev–Trinajstić information content (AvgIpc) is 2.79. The van der Waals surface area contributed by atoms with E-state index in [2.05, 4.69) is 0 Å². The summed E-state index contributed by atoms with van der Waals surface area (Å²) in [5.74, 6) is -0.181. The van der Waals surface area contributed by atoms with Crippen molar-refractivity contribution in [2.75, 3.05) is 7.05 Å². The lowest BCUT2D eigenvalue weighted by Gasteiger charge is -2.27. The van der Waals surface area contributed by atoms with E-state index in [-0.39, 0.29) is 11.5 Å². The molecule has 1 atom stereocenters. The minimum Gasteiger partial charge on any atom is -0.332 e. The number of amides is 1. The summed E-state index contributed by atoms with van der Waals surface area (Å²) in [5.41, 5.74) is 1.31. The maximum Gasteiger partial charge on any atom is 0.266 e. The highest BCUT2D eigenvalue weighted by Gasteiger charge is 2.24. The Kier molecular flexibility index (Phi) is 5.14. The number of hydrogen-bond donors (Lipinski definition) is 0. The normalized spacial score (nSPS) is 12.0. The quantitative estimate of drug-likeness (QED) is 0.511. The largest absolute Gasteiger partial charge is 0.332 e. The fourth-order valence-electron chi connectivity index (χ4n) is 3.40. The van der Waals surface area contributed by atoms with Crippen molar-refractivity contribution in [2.45, 2.75) is 13.0 Å². The third-order valence-electron chi connectivity index (χ3n) is 5.18. The Morgan fingerprint density at radius 1 is 0.967 bits per heavy atom. The molecule has 0 aliphatic rings. The topological polar surface area (TPSA) is 55.2 Å². The number of benzene rings is 3. The molecule has 1 unspecified atom stereocenters. The minimum absolute atomic E-state index is 0.184. The van der Waals surface area contributed by atoms with Gasteiger partial charge in [-0.1, -0.05) is 30.3 Å². The first kappa shape index (κ1) is 19.5. The molecule has 0 fully saturated rings. The number of nitrogens with zero attached hydrogens (tertiary/aromatic N) is 3. The fraction of sp³-hybridized carbons (Fsp3) is 0.125. The van der Waals surface area contributed by atoms with Crippen molar-refractivity contribution in [2.24, 2.45) is 0 Å². The van der Waals surface area contributed by atoms with Crippen LogP contribution in [0.15, 0.2) is 83.7 Å². The average molecular weight is 401 g/mol. The van der Waals surface area contributed by atoms with Crippen molar-refractivity contribution >= 4 is 16.8 Å². The summed E-state index contributed by atoms with van der Waals surface area (Å²) in [6, 6.07) is 21.1. The second kappa shape index (κ2) is 7.91. The van der Waals surface area contributed by atoms with Gasteiger partial charge in [0.05, 0.1) is 22.6 Å². The van der Waals surface area contributed by atoms with Gasteiger partial charge in [-0.3, -0.25) is 14.2 Å². The third-order valence-corrected chi connectivity index (χ3v) is 5.18. The van der Waals surface area contributed by atoms with E-state index in [9.17, 15) is 14.0 Å². The van der Waals surface area contributed by atoms with Crippen LogP contribution in [0.2, 0.25) is 0 Å². The lowest BCUT2D eigenvalue weighted by atomic mass is 10.1. The predicted molar refractivity (Wildman–Crippen MR) is 114 cm³/mol. The molecular formula is C24H20FN3O2. The maximum atomic E-state index is 13.5. The first-order valence-corrected chi connectivity index (χ1v) is 9.57. The summed E-state index contributed by atoms with van der Waals surface area (Å²) in [4.78, 5) is 32.5. The first-order valence-electron chi connectivity index (χ1n) is 9.57. The zero-order valence-corrected chi connectivity index (χ0v) is 16.6. The van der Waals surface area contributed by atoms with E-state index >= 15 is 0 Å². The molecule has 5 nitrogen and oxygen atoms in total. The van der Waals surface area contributed by atoms with Gasteiger partial charge in [0.1, 0.15) is 11.6 Å². The highest BCUT2D eigenvalue weighted by atomic mass is 19.1. The Labute approximate surface area is 173 Å². The second-order valence-electron chi connectivity index (χ2n) is 7.06. The monoisotopic (exact) mass is 401 g/mol. The van der Waals surface area contributed by atoms with Crippen LogP contribution >= 0.6 is 0 Å². The van der Waals surface area contributed by atoms with E-state index in [0.29, 0.717) is 28.0 Å². The Morgan fingerprint density at radius 2 is 1.60 bits per heavy atom. The van der Waals surface area contributed by atoms with Crippen LogP contribution in [0.5, 0.6) is 0 Å². The van der Waals surface area contributed by atoms with Gasteiger partial charge in [-0.15, -0.1) is 0 Å². The molecule has 150 valence electrons. The molecule has 0 saturated heterocycles. The standard InChI is InChI=1S/C24H20FN3O2/c1-16(27(2)23(29)17-8-4-3-5-9-17)22-26-21-11-7-6-10-20(21)24(30)28(22)19-14-12-18(25)13-15-19/h3-16H,1-2H3. The minimum atomic E-state index is -0.514. The fourth-order valence-corrected chi connectivity index (χ4v) is 3.40. The van der Waals surface area contributed by atoms with E-state index in [4.69, 9.17) is 4.98 Å². The predicted octanol–water partition coefficient (Wildman–Crippen LogP) is 4.36. The summed E-state index contributed by atoms with van der Waals surface area (Å²) >= 11 is 0. The van der Waals surface area contributed by atoms with Crippen molar-refractivity contribution in [3.63, 3.8) is 0 Å². The van der Waals surface area contributed by atoms with Gasteiger partial charge in [0.2, 0.25) is 0 Å². The number of aromatic nitrogens is 2. The van der Waals surface area contributed by atoms with Crippen molar-refractivity contribution in [1.29, 1.82) is 0 Å². The van der Waals surface area contributed by atoms with Crippen LogP contribution < -0.4 is 5.56 Å².